The number of carbonyl (C=O) groups excluding carboxylic acids is 1. The highest BCUT2D eigenvalue weighted by Crippen LogP contribution is 2.24. The third-order valence-corrected chi connectivity index (χ3v) is 9.21. The molecule has 0 radical (unpaired) electrons. The lowest BCUT2D eigenvalue weighted by Gasteiger charge is -2.19. The van der Waals surface area contributed by atoms with Gasteiger partial charge in [0.15, 0.2) is 0 Å². The summed E-state index contributed by atoms with van der Waals surface area (Å²) in [7, 11) is -3.81. The molecule has 4 aromatic rings. The topological polar surface area (TPSA) is 115 Å². The van der Waals surface area contributed by atoms with E-state index in [-0.39, 0.29) is 10.9 Å². The number of sulfonamides is 1. The highest BCUT2D eigenvalue weighted by atomic mass is 35.5. The van der Waals surface area contributed by atoms with Gasteiger partial charge in [-0.25, -0.2) is 13.2 Å². The highest BCUT2D eigenvalue weighted by Gasteiger charge is 2.29. The smallest absolute Gasteiger partial charge is 0.324 e. The van der Waals surface area contributed by atoms with Gasteiger partial charge in [-0.2, -0.15) is 0 Å². The summed E-state index contributed by atoms with van der Waals surface area (Å²) < 4.78 is 28.7. The van der Waals surface area contributed by atoms with Gasteiger partial charge in [-0.1, -0.05) is 41.9 Å². The number of aliphatic hydroxyl groups is 1. The lowest BCUT2D eigenvalue weighted by Crippen LogP contribution is -2.32. The fourth-order valence-electron chi connectivity index (χ4n) is 5.08. The molecule has 230 valence electrons. The summed E-state index contributed by atoms with van der Waals surface area (Å²) in [6, 6.07) is 24.9. The second kappa shape index (κ2) is 14.7. The molecule has 0 bridgehead atoms. The van der Waals surface area contributed by atoms with Gasteiger partial charge in [0.1, 0.15) is 0 Å². The molecule has 3 aromatic carbocycles. The molecule has 44 heavy (non-hydrogen) atoms. The Morgan fingerprint density at radius 2 is 1.61 bits per heavy atom. The molecular weight excluding hydrogens is 598 g/mol. The minimum atomic E-state index is -3.81. The van der Waals surface area contributed by atoms with Crippen molar-refractivity contribution < 1.29 is 18.3 Å². The third-order valence-electron chi connectivity index (χ3n) is 7.56. The number of aromatic nitrogens is 1. The Morgan fingerprint density at radius 1 is 0.909 bits per heavy atom. The standard InChI is InChI=1S/C33H36ClN5O4S/c34-28-9-5-25(6-10-28)3-2-20-38-21-22-39(33(38)41)30-13-15-31(16-14-30)44(42,43)37-29-11-7-26(8-12-29)17-19-36-24-32(40)27-4-1-18-35-23-27/h1,4-16,18,23,32,36-37,40H,2-3,17,19-22,24H2. The van der Waals surface area contributed by atoms with Gasteiger partial charge < -0.3 is 15.3 Å². The molecule has 1 unspecified atom stereocenters. The van der Waals surface area contributed by atoms with Crippen LogP contribution < -0.4 is 14.9 Å². The zero-order chi connectivity index (χ0) is 30.9. The predicted octanol–water partition coefficient (Wildman–Crippen LogP) is 5.28. The minimum absolute atomic E-state index is 0.0743. The summed E-state index contributed by atoms with van der Waals surface area (Å²) in [5.41, 5.74) is 4.11. The second-order valence-corrected chi connectivity index (χ2v) is 12.8. The van der Waals surface area contributed by atoms with Crippen molar-refractivity contribution in [2.75, 3.05) is 42.3 Å². The SMILES string of the molecule is O=C1N(CCCc2ccc(Cl)cc2)CCN1c1ccc(S(=O)(=O)Nc2ccc(CCNCC(O)c3cccnc3)cc2)cc1. The van der Waals surface area contributed by atoms with E-state index in [1.807, 2.05) is 47.4 Å². The Morgan fingerprint density at radius 3 is 2.32 bits per heavy atom. The average molecular weight is 634 g/mol. The molecule has 1 aliphatic heterocycles. The first-order valence-electron chi connectivity index (χ1n) is 14.6. The zero-order valence-corrected chi connectivity index (χ0v) is 25.8. The Bertz CT molecular complexity index is 1620. The van der Waals surface area contributed by atoms with Gasteiger partial charge in [0, 0.05) is 60.5 Å². The van der Waals surface area contributed by atoms with E-state index in [0.717, 1.165) is 30.4 Å². The molecule has 2 heterocycles. The average Bonchev–Trinajstić information content (AvgIpc) is 3.41. The van der Waals surface area contributed by atoms with Crippen molar-refractivity contribution in [2.24, 2.45) is 0 Å². The monoisotopic (exact) mass is 633 g/mol. The van der Waals surface area contributed by atoms with Crippen molar-refractivity contribution >= 4 is 39.0 Å². The van der Waals surface area contributed by atoms with Gasteiger partial charge >= 0.3 is 6.03 Å². The Balaban J connectivity index is 1.08. The van der Waals surface area contributed by atoms with Crippen LogP contribution in [0, 0.1) is 0 Å². The third kappa shape index (κ3) is 8.35. The molecule has 0 aliphatic carbocycles. The molecule has 0 saturated carbocycles. The van der Waals surface area contributed by atoms with Crippen molar-refractivity contribution in [2.45, 2.75) is 30.3 Å². The molecule has 1 aliphatic rings. The number of urea groups is 1. The van der Waals surface area contributed by atoms with E-state index >= 15 is 0 Å². The number of benzene rings is 3. The lowest BCUT2D eigenvalue weighted by molar-refractivity contribution is 0.174. The van der Waals surface area contributed by atoms with Crippen LogP contribution >= 0.6 is 11.6 Å². The molecule has 3 N–H and O–H groups in total. The van der Waals surface area contributed by atoms with Gasteiger partial charge in [0.25, 0.3) is 10.0 Å². The first-order valence-corrected chi connectivity index (χ1v) is 16.5. The molecular formula is C33H36ClN5O4S. The van der Waals surface area contributed by atoms with E-state index in [1.54, 1.807) is 47.6 Å². The van der Waals surface area contributed by atoms with Crippen molar-refractivity contribution in [3.8, 4) is 0 Å². The van der Waals surface area contributed by atoms with Crippen LogP contribution in [0.2, 0.25) is 5.02 Å². The number of hydrogen-bond acceptors (Lipinski definition) is 6. The van der Waals surface area contributed by atoms with E-state index in [2.05, 4.69) is 15.0 Å². The van der Waals surface area contributed by atoms with Crippen molar-refractivity contribution in [3.05, 3.63) is 119 Å². The van der Waals surface area contributed by atoms with Crippen LogP contribution in [-0.4, -0.2) is 62.2 Å². The summed E-state index contributed by atoms with van der Waals surface area (Å²) in [6.07, 6.45) is 5.12. The summed E-state index contributed by atoms with van der Waals surface area (Å²) in [4.78, 5) is 20.6. The molecule has 2 amide bonds. The number of pyridine rings is 1. The summed E-state index contributed by atoms with van der Waals surface area (Å²) >= 11 is 5.95. The molecule has 1 atom stereocenters. The number of halogens is 1. The number of amides is 2. The second-order valence-electron chi connectivity index (χ2n) is 10.7. The van der Waals surface area contributed by atoms with E-state index in [9.17, 15) is 18.3 Å². The van der Waals surface area contributed by atoms with Crippen LogP contribution in [0.1, 0.15) is 29.2 Å². The number of aryl methyl sites for hydroxylation is 1. The summed E-state index contributed by atoms with van der Waals surface area (Å²) in [5, 5.41) is 14.2. The van der Waals surface area contributed by atoms with Crippen LogP contribution in [-0.2, 0) is 22.9 Å². The lowest BCUT2D eigenvalue weighted by atomic mass is 10.1. The number of hydrogen-bond donors (Lipinski definition) is 3. The number of anilines is 2. The first kappa shape index (κ1) is 31.5. The van der Waals surface area contributed by atoms with Crippen molar-refractivity contribution in [1.29, 1.82) is 0 Å². The van der Waals surface area contributed by atoms with Crippen LogP contribution in [0.4, 0.5) is 16.2 Å². The molecule has 5 rings (SSSR count). The highest BCUT2D eigenvalue weighted by molar-refractivity contribution is 7.92. The number of rotatable bonds is 14. The maximum absolute atomic E-state index is 13.0. The molecule has 9 nitrogen and oxygen atoms in total. The maximum Gasteiger partial charge on any atom is 0.324 e. The van der Waals surface area contributed by atoms with Gasteiger partial charge in [-0.3, -0.25) is 14.6 Å². The minimum Gasteiger partial charge on any atom is -0.387 e. The Kier molecular flexibility index (Phi) is 10.5. The molecule has 1 saturated heterocycles. The molecule has 11 heteroatoms. The quantitative estimate of drug-likeness (QED) is 0.163. The number of carbonyl (C=O) groups is 1. The summed E-state index contributed by atoms with van der Waals surface area (Å²) in [6.45, 7) is 2.91. The molecule has 0 spiro atoms. The molecule has 1 aromatic heterocycles. The van der Waals surface area contributed by atoms with Gasteiger partial charge in [-0.05, 0) is 91.5 Å². The van der Waals surface area contributed by atoms with Crippen LogP contribution in [0.3, 0.4) is 0 Å². The Hall–Kier alpha value is -3.96. The van der Waals surface area contributed by atoms with E-state index in [4.69, 9.17) is 11.6 Å². The number of nitrogens with one attached hydrogen (secondary N) is 2. The molecule has 1 fully saturated rings. The van der Waals surface area contributed by atoms with E-state index < -0.39 is 16.1 Å². The van der Waals surface area contributed by atoms with Gasteiger partial charge in [0.2, 0.25) is 0 Å². The van der Waals surface area contributed by atoms with Gasteiger partial charge in [0.05, 0.1) is 11.0 Å². The fourth-order valence-corrected chi connectivity index (χ4v) is 6.26. The number of aliphatic hydroxyl groups excluding tert-OH is 1. The maximum atomic E-state index is 13.0. The van der Waals surface area contributed by atoms with Crippen molar-refractivity contribution in [3.63, 3.8) is 0 Å². The van der Waals surface area contributed by atoms with Crippen LogP contribution in [0.15, 0.2) is 102 Å². The van der Waals surface area contributed by atoms with E-state index in [0.29, 0.717) is 49.1 Å². The predicted molar refractivity (Wildman–Crippen MR) is 174 cm³/mol. The fraction of sp³-hybridized carbons (Fsp3) is 0.273. The number of nitrogens with zero attached hydrogens (tertiary/aromatic N) is 3. The Labute approximate surface area is 263 Å². The van der Waals surface area contributed by atoms with Crippen LogP contribution in [0.25, 0.3) is 0 Å². The van der Waals surface area contributed by atoms with Gasteiger partial charge in [-0.15, -0.1) is 0 Å². The van der Waals surface area contributed by atoms with Crippen LogP contribution in [0.5, 0.6) is 0 Å². The normalized spacial score (nSPS) is 14.2. The largest absolute Gasteiger partial charge is 0.387 e. The summed E-state index contributed by atoms with van der Waals surface area (Å²) in [5.74, 6) is 0. The van der Waals surface area contributed by atoms with E-state index in [1.165, 1.54) is 17.7 Å². The zero-order valence-electron chi connectivity index (χ0n) is 24.3. The first-order chi connectivity index (χ1) is 21.3. The van der Waals surface area contributed by atoms with Crippen molar-refractivity contribution in [1.82, 2.24) is 15.2 Å².